The molecule has 1 aromatic carbocycles. The van der Waals surface area contributed by atoms with Gasteiger partial charge in [0.15, 0.2) is 27.2 Å². The van der Waals surface area contributed by atoms with E-state index in [9.17, 15) is 17.6 Å². The monoisotopic (exact) mass is 272 g/mol. The first-order valence-corrected chi connectivity index (χ1v) is 7.37. The molecule has 1 aliphatic heterocycles. The smallest absolute Gasteiger partial charge is 0.165 e. The molecule has 0 amide bonds. The summed E-state index contributed by atoms with van der Waals surface area (Å²) in [6.45, 7) is 1.35. The van der Waals surface area contributed by atoms with Crippen molar-refractivity contribution >= 4 is 15.6 Å². The van der Waals surface area contributed by atoms with Crippen LogP contribution in [0.1, 0.15) is 23.7 Å². The van der Waals surface area contributed by atoms with Gasteiger partial charge in [0.05, 0.1) is 11.5 Å². The molecule has 0 radical (unpaired) electrons. The Labute approximate surface area is 105 Å². The van der Waals surface area contributed by atoms with E-state index in [2.05, 4.69) is 0 Å². The minimum absolute atomic E-state index is 0.0119. The normalized spacial score (nSPS) is 21.8. The summed E-state index contributed by atoms with van der Waals surface area (Å²) in [5, 5.41) is 0. The molecule has 6 heteroatoms. The van der Waals surface area contributed by atoms with Crippen LogP contribution in [0.5, 0.6) is 5.75 Å². The highest BCUT2D eigenvalue weighted by Gasteiger charge is 2.29. The first kappa shape index (κ1) is 13.0. The summed E-state index contributed by atoms with van der Waals surface area (Å²) in [6, 6.07) is 3.92. The van der Waals surface area contributed by atoms with Gasteiger partial charge in [-0.3, -0.25) is 4.79 Å². The summed E-state index contributed by atoms with van der Waals surface area (Å²) in [4.78, 5) is 11.1. The summed E-state index contributed by atoms with van der Waals surface area (Å²) in [5.41, 5.74) is 0.263. The Balaban J connectivity index is 2.13. The Kier molecular flexibility index (Phi) is 3.38. The molecule has 0 aliphatic carbocycles. The van der Waals surface area contributed by atoms with Crippen molar-refractivity contribution in [1.29, 1.82) is 0 Å². The van der Waals surface area contributed by atoms with Crippen LogP contribution in [0.3, 0.4) is 0 Å². The van der Waals surface area contributed by atoms with Crippen molar-refractivity contribution in [2.75, 3.05) is 11.5 Å². The van der Waals surface area contributed by atoms with Crippen LogP contribution in [-0.4, -0.2) is 31.8 Å². The number of Topliss-reactive ketones (excluding diaryl/α,β-unsaturated/α-hetero) is 1. The molecular formula is C12H13FO4S. The molecule has 0 saturated carbocycles. The van der Waals surface area contributed by atoms with E-state index >= 15 is 0 Å². The lowest BCUT2D eigenvalue weighted by molar-refractivity contribution is 0.101. The van der Waals surface area contributed by atoms with Gasteiger partial charge in [-0.1, -0.05) is 0 Å². The zero-order valence-corrected chi connectivity index (χ0v) is 10.7. The third-order valence-electron chi connectivity index (χ3n) is 2.82. The number of sulfone groups is 1. The van der Waals surface area contributed by atoms with Crippen LogP contribution in [0.2, 0.25) is 0 Å². The van der Waals surface area contributed by atoms with Gasteiger partial charge in [0.25, 0.3) is 0 Å². The average molecular weight is 272 g/mol. The van der Waals surface area contributed by atoms with Crippen LogP contribution in [0.25, 0.3) is 0 Å². The number of carbonyl (C=O) groups is 1. The number of ketones is 1. The van der Waals surface area contributed by atoms with Crippen LogP contribution >= 0.6 is 0 Å². The Bertz CT molecular complexity index is 580. The lowest BCUT2D eigenvalue weighted by Gasteiger charge is -2.12. The zero-order chi connectivity index (χ0) is 13.3. The summed E-state index contributed by atoms with van der Waals surface area (Å²) in [7, 11) is -3.05. The second kappa shape index (κ2) is 4.68. The molecule has 1 atom stereocenters. The topological polar surface area (TPSA) is 60.4 Å². The van der Waals surface area contributed by atoms with Gasteiger partial charge in [-0.05, 0) is 31.5 Å². The number of carbonyl (C=O) groups excluding carboxylic acids is 1. The maximum absolute atomic E-state index is 13.6. The molecule has 1 fully saturated rings. The fourth-order valence-electron chi connectivity index (χ4n) is 1.85. The standard InChI is InChI=1S/C12H13FO4S/c1-8(14)9-2-3-12(11(13)6-9)17-10-4-5-18(15,16)7-10/h2-3,6,10H,4-5,7H2,1H3. The largest absolute Gasteiger partial charge is 0.486 e. The molecule has 0 aromatic heterocycles. The van der Waals surface area contributed by atoms with E-state index in [4.69, 9.17) is 4.74 Å². The van der Waals surface area contributed by atoms with Gasteiger partial charge >= 0.3 is 0 Å². The van der Waals surface area contributed by atoms with Gasteiger partial charge in [-0.15, -0.1) is 0 Å². The third-order valence-corrected chi connectivity index (χ3v) is 4.56. The van der Waals surface area contributed by atoms with E-state index in [1.54, 1.807) is 0 Å². The lowest BCUT2D eigenvalue weighted by atomic mass is 10.1. The molecule has 0 spiro atoms. The molecule has 1 aliphatic rings. The van der Waals surface area contributed by atoms with Crippen LogP contribution < -0.4 is 4.74 Å². The Morgan fingerprint density at radius 1 is 1.44 bits per heavy atom. The van der Waals surface area contributed by atoms with Crippen LogP contribution in [0.4, 0.5) is 4.39 Å². The van der Waals surface area contributed by atoms with Crippen LogP contribution in [0.15, 0.2) is 18.2 Å². The van der Waals surface area contributed by atoms with Crippen LogP contribution in [-0.2, 0) is 9.84 Å². The van der Waals surface area contributed by atoms with Gasteiger partial charge in [0, 0.05) is 5.56 Å². The van der Waals surface area contributed by atoms with E-state index in [0.717, 1.165) is 6.07 Å². The molecule has 2 rings (SSSR count). The number of rotatable bonds is 3. The Morgan fingerprint density at radius 2 is 2.17 bits per heavy atom. The number of halogens is 1. The van der Waals surface area contributed by atoms with E-state index in [1.807, 2.05) is 0 Å². The van der Waals surface area contributed by atoms with Crippen molar-refractivity contribution in [3.05, 3.63) is 29.6 Å². The molecule has 98 valence electrons. The first-order valence-electron chi connectivity index (χ1n) is 5.55. The van der Waals surface area contributed by atoms with Crippen molar-refractivity contribution in [2.24, 2.45) is 0 Å². The predicted molar refractivity (Wildman–Crippen MR) is 64.1 cm³/mol. The molecule has 1 unspecified atom stereocenters. The second-order valence-electron chi connectivity index (χ2n) is 4.34. The lowest BCUT2D eigenvalue weighted by Crippen LogP contribution is -2.18. The predicted octanol–water partition coefficient (Wildman–Crippen LogP) is 1.59. The van der Waals surface area contributed by atoms with Crippen molar-refractivity contribution in [3.63, 3.8) is 0 Å². The van der Waals surface area contributed by atoms with Gasteiger partial charge in [0.2, 0.25) is 0 Å². The second-order valence-corrected chi connectivity index (χ2v) is 6.57. The van der Waals surface area contributed by atoms with Crippen molar-refractivity contribution < 1.29 is 22.3 Å². The number of hydrogen-bond acceptors (Lipinski definition) is 4. The Hall–Kier alpha value is -1.43. The average Bonchev–Trinajstić information content (AvgIpc) is 2.61. The maximum Gasteiger partial charge on any atom is 0.165 e. The first-order chi connectivity index (χ1) is 8.37. The summed E-state index contributed by atoms with van der Waals surface area (Å²) >= 11 is 0. The zero-order valence-electron chi connectivity index (χ0n) is 9.85. The molecule has 0 N–H and O–H groups in total. The summed E-state index contributed by atoms with van der Waals surface area (Å²) in [5.74, 6) is -0.899. The van der Waals surface area contributed by atoms with E-state index in [0.29, 0.717) is 6.42 Å². The summed E-state index contributed by atoms with van der Waals surface area (Å²) < 4.78 is 41.4. The fraction of sp³-hybridized carbons (Fsp3) is 0.417. The third kappa shape index (κ3) is 2.87. The minimum Gasteiger partial charge on any atom is -0.486 e. The molecular weight excluding hydrogens is 259 g/mol. The highest BCUT2D eigenvalue weighted by atomic mass is 32.2. The van der Waals surface area contributed by atoms with Crippen molar-refractivity contribution in [1.82, 2.24) is 0 Å². The van der Waals surface area contributed by atoms with Crippen molar-refractivity contribution in [3.8, 4) is 5.75 Å². The van der Waals surface area contributed by atoms with E-state index in [-0.39, 0.29) is 28.6 Å². The highest BCUT2D eigenvalue weighted by Crippen LogP contribution is 2.23. The number of ether oxygens (including phenoxy) is 1. The molecule has 1 saturated heterocycles. The van der Waals surface area contributed by atoms with Crippen LogP contribution in [0, 0.1) is 5.82 Å². The molecule has 1 heterocycles. The molecule has 18 heavy (non-hydrogen) atoms. The van der Waals surface area contributed by atoms with Crippen molar-refractivity contribution in [2.45, 2.75) is 19.4 Å². The molecule has 4 nitrogen and oxygen atoms in total. The van der Waals surface area contributed by atoms with Gasteiger partial charge < -0.3 is 4.74 Å². The molecule has 0 bridgehead atoms. The quantitative estimate of drug-likeness (QED) is 0.784. The SMILES string of the molecule is CC(=O)c1ccc(OC2CCS(=O)(=O)C2)c(F)c1. The van der Waals surface area contributed by atoms with Gasteiger partial charge in [-0.25, -0.2) is 12.8 Å². The van der Waals surface area contributed by atoms with E-state index < -0.39 is 21.8 Å². The number of benzene rings is 1. The van der Waals surface area contributed by atoms with Gasteiger partial charge in [-0.2, -0.15) is 0 Å². The highest BCUT2D eigenvalue weighted by molar-refractivity contribution is 7.91. The minimum atomic E-state index is -3.05. The van der Waals surface area contributed by atoms with E-state index in [1.165, 1.54) is 19.1 Å². The van der Waals surface area contributed by atoms with Gasteiger partial charge in [0.1, 0.15) is 6.10 Å². The number of hydrogen-bond donors (Lipinski definition) is 0. The summed E-state index contributed by atoms with van der Waals surface area (Å²) in [6.07, 6.45) is -0.136. The maximum atomic E-state index is 13.6. The Morgan fingerprint density at radius 3 is 2.67 bits per heavy atom. The molecule has 1 aromatic rings. The fourth-order valence-corrected chi connectivity index (χ4v) is 3.44.